The van der Waals surface area contributed by atoms with E-state index in [0.29, 0.717) is 16.7 Å². The Morgan fingerprint density at radius 3 is 2.71 bits per heavy atom. The van der Waals surface area contributed by atoms with Gasteiger partial charge in [-0.2, -0.15) is 0 Å². The summed E-state index contributed by atoms with van der Waals surface area (Å²) in [6, 6.07) is 4.80. The molecule has 17 heavy (non-hydrogen) atoms. The maximum Gasteiger partial charge on any atom is 0.415 e. The maximum absolute atomic E-state index is 11.4. The van der Waals surface area contributed by atoms with Crippen molar-refractivity contribution < 1.29 is 14.1 Å². The largest absolute Gasteiger partial charge is 0.497 e. The fourth-order valence-corrected chi connectivity index (χ4v) is 1.66. The molecule has 1 heterocycles. The number of fused-ring (bicyclic) bond motifs is 1. The zero-order chi connectivity index (χ0) is 12.6. The highest BCUT2D eigenvalue weighted by molar-refractivity contribution is 5.84. The molecule has 0 aliphatic rings. The number of rotatable bonds is 2. The topological polar surface area (TPSA) is 82.6 Å². The second-order valence-corrected chi connectivity index (χ2v) is 3.48. The van der Waals surface area contributed by atoms with Crippen molar-refractivity contribution >= 4 is 16.7 Å². The highest BCUT2D eigenvalue weighted by Crippen LogP contribution is 2.26. The SMILES string of the molecule is COc1ccc2c(C)c([N+](=O)[O-])c(=O)oc2c1. The molecule has 1 aromatic heterocycles. The van der Waals surface area contributed by atoms with Crippen molar-refractivity contribution in [1.29, 1.82) is 0 Å². The summed E-state index contributed by atoms with van der Waals surface area (Å²) in [6.45, 7) is 1.52. The van der Waals surface area contributed by atoms with Crippen LogP contribution in [0.1, 0.15) is 5.56 Å². The number of benzene rings is 1. The van der Waals surface area contributed by atoms with Crippen LogP contribution in [0.3, 0.4) is 0 Å². The number of hydrogen-bond donors (Lipinski definition) is 0. The quantitative estimate of drug-likeness (QED) is 0.451. The summed E-state index contributed by atoms with van der Waals surface area (Å²) in [4.78, 5) is 21.4. The molecular formula is C11H9NO5. The molecular weight excluding hydrogens is 226 g/mol. The Bertz CT molecular complexity index is 659. The van der Waals surface area contributed by atoms with Crippen LogP contribution in [0, 0.1) is 17.0 Å². The van der Waals surface area contributed by atoms with Crippen LogP contribution in [0.25, 0.3) is 11.0 Å². The van der Waals surface area contributed by atoms with E-state index in [1.807, 2.05) is 0 Å². The first kappa shape index (κ1) is 11.1. The third-order valence-electron chi connectivity index (χ3n) is 2.53. The van der Waals surface area contributed by atoms with Crippen LogP contribution in [0.2, 0.25) is 0 Å². The molecule has 0 fully saturated rings. The number of hydrogen-bond acceptors (Lipinski definition) is 5. The minimum Gasteiger partial charge on any atom is -0.497 e. The second kappa shape index (κ2) is 3.89. The van der Waals surface area contributed by atoms with E-state index in [1.54, 1.807) is 12.1 Å². The summed E-state index contributed by atoms with van der Waals surface area (Å²) in [5.74, 6) is 0.522. The van der Waals surface area contributed by atoms with E-state index in [4.69, 9.17) is 9.15 Å². The van der Waals surface area contributed by atoms with Gasteiger partial charge in [-0.15, -0.1) is 0 Å². The van der Waals surface area contributed by atoms with Gasteiger partial charge in [0.2, 0.25) is 0 Å². The van der Waals surface area contributed by atoms with E-state index in [1.165, 1.54) is 20.1 Å². The van der Waals surface area contributed by atoms with Crippen molar-refractivity contribution in [1.82, 2.24) is 0 Å². The minimum atomic E-state index is -0.951. The molecule has 6 heteroatoms. The average molecular weight is 235 g/mol. The first-order valence-electron chi connectivity index (χ1n) is 4.80. The lowest BCUT2D eigenvalue weighted by Gasteiger charge is -2.03. The Balaban J connectivity index is 2.86. The van der Waals surface area contributed by atoms with E-state index < -0.39 is 16.2 Å². The van der Waals surface area contributed by atoms with Gasteiger partial charge in [-0.1, -0.05) is 0 Å². The summed E-state index contributed by atoms with van der Waals surface area (Å²) in [6.07, 6.45) is 0. The van der Waals surface area contributed by atoms with Crippen LogP contribution in [0.4, 0.5) is 5.69 Å². The molecule has 0 amide bonds. The van der Waals surface area contributed by atoms with E-state index in [-0.39, 0.29) is 5.58 Å². The molecule has 0 radical (unpaired) electrons. The van der Waals surface area contributed by atoms with Crippen LogP contribution < -0.4 is 10.4 Å². The molecule has 88 valence electrons. The zero-order valence-electron chi connectivity index (χ0n) is 9.22. The van der Waals surface area contributed by atoms with Gasteiger partial charge in [0, 0.05) is 17.0 Å². The lowest BCUT2D eigenvalue weighted by molar-refractivity contribution is -0.387. The third kappa shape index (κ3) is 1.73. The van der Waals surface area contributed by atoms with Crippen molar-refractivity contribution in [2.75, 3.05) is 7.11 Å². The molecule has 1 aromatic carbocycles. The van der Waals surface area contributed by atoms with Crippen LogP contribution in [-0.2, 0) is 0 Å². The molecule has 2 aromatic rings. The van der Waals surface area contributed by atoms with Gasteiger partial charge in [0.1, 0.15) is 11.3 Å². The predicted octanol–water partition coefficient (Wildman–Crippen LogP) is 2.02. The molecule has 0 aliphatic heterocycles. The summed E-state index contributed by atoms with van der Waals surface area (Å²) in [7, 11) is 1.48. The van der Waals surface area contributed by atoms with Gasteiger partial charge in [0.15, 0.2) is 0 Å². The highest BCUT2D eigenvalue weighted by atomic mass is 16.6. The normalized spacial score (nSPS) is 10.5. The van der Waals surface area contributed by atoms with E-state index in [0.717, 1.165) is 0 Å². The molecule has 0 aliphatic carbocycles. The van der Waals surface area contributed by atoms with Gasteiger partial charge >= 0.3 is 11.3 Å². The van der Waals surface area contributed by atoms with Crippen molar-refractivity contribution in [3.63, 3.8) is 0 Å². The average Bonchev–Trinajstić information content (AvgIpc) is 2.27. The van der Waals surface area contributed by atoms with Crippen molar-refractivity contribution in [2.45, 2.75) is 6.92 Å². The molecule has 0 saturated heterocycles. The Kier molecular flexibility index (Phi) is 2.55. The predicted molar refractivity (Wildman–Crippen MR) is 60.4 cm³/mol. The van der Waals surface area contributed by atoms with Gasteiger partial charge in [-0.25, -0.2) is 4.79 Å². The van der Waals surface area contributed by atoms with Gasteiger partial charge in [0.05, 0.1) is 12.0 Å². The van der Waals surface area contributed by atoms with Crippen molar-refractivity contribution in [2.24, 2.45) is 0 Å². The first-order valence-corrected chi connectivity index (χ1v) is 4.80. The molecule has 0 bridgehead atoms. The van der Waals surface area contributed by atoms with Crippen LogP contribution in [-0.4, -0.2) is 12.0 Å². The van der Waals surface area contributed by atoms with Crippen molar-refractivity contribution in [3.8, 4) is 5.75 Å². The number of nitrogens with zero attached hydrogens (tertiary/aromatic N) is 1. The first-order chi connectivity index (χ1) is 8.04. The zero-order valence-corrected chi connectivity index (χ0v) is 9.22. The lowest BCUT2D eigenvalue weighted by atomic mass is 10.1. The van der Waals surface area contributed by atoms with E-state index in [9.17, 15) is 14.9 Å². The fourth-order valence-electron chi connectivity index (χ4n) is 1.66. The third-order valence-corrected chi connectivity index (χ3v) is 2.53. The van der Waals surface area contributed by atoms with Crippen LogP contribution in [0.5, 0.6) is 5.75 Å². The summed E-state index contributed by atoms with van der Waals surface area (Å²) < 4.78 is 9.88. The highest BCUT2D eigenvalue weighted by Gasteiger charge is 2.21. The monoisotopic (exact) mass is 235 g/mol. The maximum atomic E-state index is 11.4. The lowest BCUT2D eigenvalue weighted by Crippen LogP contribution is -2.09. The molecule has 6 nitrogen and oxygen atoms in total. The second-order valence-electron chi connectivity index (χ2n) is 3.48. The molecule has 0 spiro atoms. The molecule has 2 rings (SSSR count). The Morgan fingerprint density at radius 2 is 2.12 bits per heavy atom. The minimum absolute atomic E-state index is 0.275. The van der Waals surface area contributed by atoms with Gasteiger partial charge in [-0.3, -0.25) is 10.1 Å². The van der Waals surface area contributed by atoms with E-state index >= 15 is 0 Å². The number of aryl methyl sites for hydroxylation is 1. The van der Waals surface area contributed by atoms with E-state index in [2.05, 4.69) is 0 Å². The Hall–Kier alpha value is -2.37. The van der Waals surface area contributed by atoms with Gasteiger partial charge < -0.3 is 9.15 Å². The Morgan fingerprint density at radius 1 is 1.41 bits per heavy atom. The summed E-state index contributed by atoms with van der Waals surface area (Å²) in [5, 5.41) is 11.3. The Labute approximate surface area is 95.6 Å². The fraction of sp³-hybridized carbons (Fsp3) is 0.182. The molecule has 0 unspecified atom stereocenters. The number of nitro groups is 1. The molecule has 0 N–H and O–H groups in total. The van der Waals surface area contributed by atoms with Crippen LogP contribution in [0.15, 0.2) is 27.4 Å². The van der Waals surface area contributed by atoms with Gasteiger partial charge in [0.25, 0.3) is 0 Å². The molecule has 0 atom stereocenters. The number of ether oxygens (including phenoxy) is 1. The smallest absolute Gasteiger partial charge is 0.415 e. The summed E-state index contributed by atoms with van der Waals surface area (Å²) >= 11 is 0. The standard InChI is InChI=1S/C11H9NO5/c1-6-8-4-3-7(16-2)5-9(8)17-11(13)10(6)12(14)15/h3-5H,1-2H3. The number of methoxy groups -OCH3 is 1. The van der Waals surface area contributed by atoms with Crippen LogP contribution >= 0.6 is 0 Å². The summed E-state index contributed by atoms with van der Waals surface area (Å²) in [5.41, 5.74) is -0.905. The molecule has 0 saturated carbocycles. The van der Waals surface area contributed by atoms with Crippen molar-refractivity contribution in [3.05, 3.63) is 44.3 Å². The van der Waals surface area contributed by atoms with Gasteiger partial charge in [-0.05, 0) is 19.1 Å².